The number of rotatable bonds is 10. The van der Waals surface area contributed by atoms with Gasteiger partial charge in [0.05, 0.1) is 0 Å². The molecular formula is C56H74F6N4O10. The van der Waals surface area contributed by atoms with E-state index in [0.29, 0.717) is 85.6 Å². The number of benzene rings is 4. The molecule has 0 atom stereocenters. The van der Waals surface area contributed by atoms with Crippen LogP contribution < -0.4 is 31.6 Å². The molecule has 4 aromatic carbocycles. The Morgan fingerprint density at radius 1 is 0.447 bits per heavy atom. The van der Waals surface area contributed by atoms with E-state index in [2.05, 4.69) is 142 Å². The van der Waals surface area contributed by atoms with E-state index in [1.165, 1.54) is 0 Å². The zero-order chi connectivity index (χ0) is 58.1. The smallest absolute Gasteiger partial charge is 0.490 e. The van der Waals surface area contributed by atoms with Gasteiger partial charge in [-0.1, -0.05) is 132 Å². The molecule has 20 heteroatoms. The number of aliphatic carboxylic acids is 2. The maximum atomic E-state index is 13.1. The first-order valence-electron chi connectivity index (χ1n) is 24.5. The van der Waals surface area contributed by atoms with Crippen LogP contribution in [0.1, 0.15) is 150 Å². The molecule has 0 aromatic heterocycles. The Bertz CT molecular complexity index is 2450. The number of nitrogens with one attached hydrogen (secondary N) is 2. The number of alkyl halides is 6. The molecule has 10 N–H and O–H groups in total. The van der Waals surface area contributed by atoms with E-state index >= 15 is 0 Å². The molecule has 1 aliphatic carbocycles. The fourth-order valence-corrected chi connectivity index (χ4v) is 7.82. The first-order valence-corrected chi connectivity index (χ1v) is 24.5. The Balaban J connectivity index is 0.000000953. The second-order valence-electron chi connectivity index (χ2n) is 22.7. The summed E-state index contributed by atoms with van der Waals surface area (Å²) in [6.45, 7) is 26.7. The standard InChI is InChI=1S/C52H72N4O6.2C2HF3O2/c1-49(2,3)39-21-31-17-35-25-41(51(7,8)9)27-37(47(35)61-29-43(57)55-15-13-53)19-33-23-40(50(4,5)6)24-34(46(33)60)20-38-28-42(52(10,11)12)26-36(18-32(22-39)45(31)59)48(38)62-30-44(58)56-16-14-54;2*3-2(4,5)1(6)7/h21-28,59-60H,13-20,29-30,53-54H2,1-12H3,(H,55,57)(H,56,58);2*(H,6,7). The van der Waals surface area contributed by atoms with Crippen LogP contribution in [-0.2, 0) is 66.5 Å². The highest BCUT2D eigenvalue weighted by molar-refractivity contribution is 5.78. The molecular weight excluding hydrogens is 1000 g/mol. The summed E-state index contributed by atoms with van der Waals surface area (Å²) in [6.07, 6.45) is -8.96. The van der Waals surface area contributed by atoms with Gasteiger partial charge in [0, 0.05) is 51.9 Å². The summed E-state index contributed by atoms with van der Waals surface area (Å²) in [4.78, 5) is 44.0. The third-order valence-electron chi connectivity index (χ3n) is 12.1. The number of amides is 2. The molecule has 76 heavy (non-hydrogen) atoms. The van der Waals surface area contributed by atoms with Crippen molar-refractivity contribution in [3.8, 4) is 23.0 Å². The number of ether oxygens (including phenoxy) is 2. The molecule has 1 aliphatic rings. The van der Waals surface area contributed by atoms with Gasteiger partial charge in [-0.2, -0.15) is 26.3 Å². The SMILES string of the molecule is CC(C)(C)c1cc2c(O)c(c1)Cc1cc(C(C)(C)C)cc(c1OCC(=O)NCCN)Cc1cc(C(C)(C)C)cc(c1O)Cc1cc(C(C)(C)C)cc(c1OCC(=O)NCCN)C2.O=C(O)C(F)(F)F.O=C(O)C(F)(F)F. The molecule has 2 amide bonds. The largest absolute Gasteiger partial charge is 0.507 e. The van der Waals surface area contributed by atoms with Crippen molar-refractivity contribution in [2.24, 2.45) is 11.5 Å². The minimum absolute atomic E-state index is 0.159. The molecule has 0 saturated carbocycles. The van der Waals surface area contributed by atoms with Crippen molar-refractivity contribution in [1.29, 1.82) is 0 Å². The number of phenolic OH excluding ortho intramolecular Hbond substituents is 2. The fraction of sp³-hybridized carbons (Fsp3) is 0.500. The molecule has 0 fully saturated rings. The number of carboxylic acid groups (broad SMARTS) is 2. The Kier molecular flexibility index (Phi) is 21.0. The van der Waals surface area contributed by atoms with E-state index < -0.39 is 24.3 Å². The number of nitrogens with two attached hydrogens (primary N) is 2. The van der Waals surface area contributed by atoms with E-state index in [4.69, 9.17) is 40.7 Å². The highest BCUT2D eigenvalue weighted by atomic mass is 19.4. The van der Waals surface area contributed by atoms with Crippen molar-refractivity contribution in [2.75, 3.05) is 39.4 Å². The van der Waals surface area contributed by atoms with Crippen molar-refractivity contribution >= 4 is 23.8 Å². The van der Waals surface area contributed by atoms with Crippen LogP contribution in [0.3, 0.4) is 0 Å². The van der Waals surface area contributed by atoms with Crippen LogP contribution in [0, 0.1) is 0 Å². The van der Waals surface area contributed by atoms with Gasteiger partial charge in [-0.3, -0.25) is 9.59 Å². The summed E-state index contributed by atoms with van der Waals surface area (Å²) in [5.74, 6) is -4.70. The lowest BCUT2D eigenvalue weighted by Crippen LogP contribution is -2.33. The summed E-state index contributed by atoms with van der Waals surface area (Å²) < 4.78 is 76.6. The predicted molar refractivity (Wildman–Crippen MR) is 278 cm³/mol. The zero-order valence-corrected chi connectivity index (χ0v) is 45.4. The van der Waals surface area contributed by atoms with E-state index in [9.17, 15) is 46.1 Å². The van der Waals surface area contributed by atoms with Gasteiger partial charge in [0.1, 0.15) is 23.0 Å². The maximum Gasteiger partial charge on any atom is 0.490 e. The van der Waals surface area contributed by atoms with Crippen LogP contribution in [-0.4, -0.2) is 95.9 Å². The number of aromatic hydroxyl groups is 2. The average molecular weight is 1080 g/mol. The zero-order valence-electron chi connectivity index (χ0n) is 45.4. The van der Waals surface area contributed by atoms with E-state index in [1.54, 1.807) is 0 Å². The molecule has 0 aliphatic heterocycles. The molecule has 8 bridgehead atoms. The van der Waals surface area contributed by atoms with Crippen LogP contribution in [0.15, 0.2) is 48.5 Å². The van der Waals surface area contributed by atoms with Crippen LogP contribution in [0.4, 0.5) is 26.3 Å². The fourth-order valence-electron chi connectivity index (χ4n) is 7.82. The van der Waals surface area contributed by atoms with Crippen LogP contribution >= 0.6 is 0 Å². The number of halogens is 6. The van der Waals surface area contributed by atoms with Gasteiger partial charge < -0.3 is 52.0 Å². The summed E-state index contributed by atoms with van der Waals surface area (Å²) in [6, 6.07) is 16.8. The molecule has 4 aromatic rings. The number of hydrogen-bond acceptors (Lipinski definition) is 10. The highest BCUT2D eigenvalue weighted by Gasteiger charge is 2.39. The predicted octanol–water partition coefficient (Wildman–Crippen LogP) is 9.14. The molecule has 0 radical (unpaired) electrons. The molecule has 0 unspecified atom stereocenters. The number of phenols is 2. The van der Waals surface area contributed by atoms with Crippen molar-refractivity contribution < 1.29 is 75.4 Å². The first kappa shape index (κ1) is 63.8. The lowest BCUT2D eigenvalue weighted by Gasteiger charge is -2.28. The number of carbonyl (C=O) groups excluding carboxylic acids is 2. The van der Waals surface area contributed by atoms with Gasteiger partial charge in [-0.15, -0.1) is 0 Å². The first-order chi connectivity index (χ1) is 34.7. The van der Waals surface area contributed by atoms with Gasteiger partial charge in [-0.25, -0.2) is 9.59 Å². The molecule has 0 saturated heterocycles. The van der Waals surface area contributed by atoms with Gasteiger partial charge in [0.2, 0.25) is 0 Å². The third kappa shape index (κ3) is 18.3. The molecule has 420 valence electrons. The maximum absolute atomic E-state index is 13.1. The van der Waals surface area contributed by atoms with Gasteiger partial charge in [-0.05, 0) is 88.4 Å². The lowest BCUT2D eigenvalue weighted by molar-refractivity contribution is -0.193. The van der Waals surface area contributed by atoms with Gasteiger partial charge >= 0.3 is 24.3 Å². The van der Waals surface area contributed by atoms with Crippen molar-refractivity contribution in [2.45, 2.75) is 143 Å². The van der Waals surface area contributed by atoms with Gasteiger partial charge in [0.15, 0.2) is 13.2 Å². The van der Waals surface area contributed by atoms with E-state index in [1.807, 2.05) is 0 Å². The van der Waals surface area contributed by atoms with Crippen molar-refractivity contribution in [1.82, 2.24) is 10.6 Å². The molecule has 5 rings (SSSR count). The number of hydrogen-bond donors (Lipinski definition) is 8. The topological polar surface area (TPSA) is 244 Å². The third-order valence-corrected chi connectivity index (χ3v) is 12.1. The summed E-state index contributed by atoms with van der Waals surface area (Å²) in [5, 5.41) is 44.8. The number of carbonyl (C=O) groups is 4. The Labute approximate surface area is 440 Å². The normalized spacial score (nSPS) is 13.0. The van der Waals surface area contributed by atoms with Crippen molar-refractivity contribution in [3.05, 3.63) is 115 Å². The van der Waals surface area contributed by atoms with E-state index in [0.717, 1.165) is 44.5 Å². The molecule has 0 spiro atoms. The minimum Gasteiger partial charge on any atom is -0.507 e. The quantitative estimate of drug-likeness (QED) is 0.0611. The van der Waals surface area contributed by atoms with Crippen LogP contribution in [0.2, 0.25) is 0 Å². The highest BCUT2D eigenvalue weighted by Crippen LogP contribution is 2.44. The molecule has 0 heterocycles. The van der Waals surface area contributed by atoms with Crippen LogP contribution in [0.25, 0.3) is 0 Å². The van der Waals surface area contributed by atoms with Crippen molar-refractivity contribution in [3.63, 3.8) is 0 Å². The van der Waals surface area contributed by atoms with E-state index in [-0.39, 0.29) is 58.2 Å². The summed E-state index contributed by atoms with van der Waals surface area (Å²) in [5.41, 5.74) is 20.6. The van der Waals surface area contributed by atoms with Gasteiger partial charge in [0.25, 0.3) is 11.8 Å². The lowest BCUT2D eigenvalue weighted by atomic mass is 9.79. The number of fused-ring (bicyclic) bond motifs is 8. The number of carboxylic acids is 2. The second kappa shape index (κ2) is 25.1. The Morgan fingerprint density at radius 2 is 0.645 bits per heavy atom. The van der Waals surface area contributed by atoms with Crippen LogP contribution in [0.5, 0.6) is 23.0 Å². The Morgan fingerprint density at radius 3 is 0.816 bits per heavy atom. The Hall–Kier alpha value is -6.54. The summed E-state index contributed by atoms with van der Waals surface area (Å²) >= 11 is 0. The summed E-state index contributed by atoms with van der Waals surface area (Å²) in [7, 11) is 0. The monoisotopic (exact) mass is 1080 g/mol. The average Bonchev–Trinajstić information content (AvgIpc) is 3.27. The molecule has 14 nitrogen and oxygen atoms in total. The second-order valence-corrected chi connectivity index (χ2v) is 22.7. The minimum atomic E-state index is -5.08.